The van der Waals surface area contributed by atoms with E-state index in [1.165, 1.54) is 5.56 Å². The predicted molar refractivity (Wildman–Crippen MR) is 63.4 cm³/mol. The van der Waals surface area contributed by atoms with Crippen molar-refractivity contribution in [3.8, 4) is 0 Å². The largest absolute Gasteiger partial charge is 0.374 e. The average Bonchev–Trinajstić information content (AvgIpc) is 2.94. The Morgan fingerprint density at radius 2 is 2.06 bits per heavy atom. The number of hydrogen-bond donors (Lipinski definition) is 0. The Balaban J connectivity index is 1.82. The normalized spacial score (nSPS) is 25.3. The van der Waals surface area contributed by atoms with Crippen LogP contribution in [0.15, 0.2) is 29.3 Å². The van der Waals surface area contributed by atoms with Crippen LogP contribution in [0, 0.1) is 0 Å². The molecule has 1 heterocycles. The van der Waals surface area contributed by atoms with Gasteiger partial charge in [0.2, 0.25) is 6.08 Å². The van der Waals surface area contributed by atoms with Crippen molar-refractivity contribution in [1.29, 1.82) is 0 Å². The van der Waals surface area contributed by atoms with Crippen molar-refractivity contribution in [1.82, 2.24) is 0 Å². The lowest BCUT2D eigenvalue weighted by molar-refractivity contribution is 0.112. The highest BCUT2D eigenvalue weighted by atomic mass is 16.5. The second-order valence-corrected chi connectivity index (χ2v) is 4.86. The highest BCUT2D eigenvalue weighted by molar-refractivity contribution is 5.42. The van der Waals surface area contributed by atoms with Crippen molar-refractivity contribution < 1.29 is 9.53 Å². The lowest BCUT2D eigenvalue weighted by atomic mass is 10.0. The summed E-state index contributed by atoms with van der Waals surface area (Å²) in [7, 11) is 0. The first-order chi connectivity index (χ1) is 8.34. The summed E-state index contributed by atoms with van der Waals surface area (Å²) in [6.07, 6.45) is 6.12. The summed E-state index contributed by atoms with van der Waals surface area (Å²) in [5.41, 5.74) is 2.11. The fourth-order valence-electron chi connectivity index (χ4n) is 2.52. The maximum absolute atomic E-state index is 10.4. The van der Waals surface area contributed by atoms with Crippen LogP contribution in [0.4, 0.5) is 0 Å². The van der Waals surface area contributed by atoms with E-state index in [1.807, 2.05) is 0 Å². The van der Waals surface area contributed by atoms with Crippen LogP contribution < -0.4 is 0 Å². The second kappa shape index (κ2) is 4.10. The van der Waals surface area contributed by atoms with E-state index in [-0.39, 0.29) is 11.6 Å². The number of hydrogen-bond acceptors (Lipinski definition) is 3. The maximum atomic E-state index is 10.4. The first-order valence-corrected chi connectivity index (χ1v) is 6.15. The lowest BCUT2D eigenvalue weighted by Crippen LogP contribution is -2.03. The Kier molecular flexibility index (Phi) is 2.58. The summed E-state index contributed by atoms with van der Waals surface area (Å²) in [5.74, 6) is 0. The first-order valence-electron chi connectivity index (χ1n) is 6.15. The number of aliphatic imine (C=N–C) groups is 1. The zero-order valence-corrected chi connectivity index (χ0v) is 9.69. The Morgan fingerprint density at radius 3 is 2.59 bits per heavy atom. The number of rotatable bonds is 3. The molecule has 1 atom stereocenters. The van der Waals surface area contributed by atoms with E-state index in [0.29, 0.717) is 0 Å². The minimum atomic E-state index is -0.253. The molecule has 0 bridgehead atoms. The predicted octanol–water partition coefficient (Wildman–Crippen LogP) is 2.86. The molecular formula is C14H15NO2. The van der Waals surface area contributed by atoms with Gasteiger partial charge in [0.05, 0.1) is 11.6 Å². The van der Waals surface area contributed by atoms with Gasteiger partial charge in [-0.1, -0.05) is 24.3 Å². The minimum absolute atomic E-state index is 0.253. The quantitative estimate of drug-likeness (QED) is 0.590. The van der Waals surface area contributed by atoms with Crippen molar-refractivity contribution in [3.05, 3.63) is 35.4 Å². The molecular weight excluding hydrogens is 214 g/mol. The number of benzene rings is 1. The number of carbonyl (C=O) groups excluding carboxylic acids is 1. The molecule has 2 fully saturated rings. The van der Waals surface area contributed by atoms with E-state index >= 15 is 0 Å². The lowest BCUT2D eigenvalue weighted by Gasteiger charge is -2.12. The van der Waals surface area contributed by atoms with E-state index in [4.69, 9.17) is 4.74 Å². The standard InChI is InChI=1S/C14H15NO2/c16-10-15-14(7-8-14)12-5-3-11(4-6-12)13-2-1-9-17-13/h3-6,13H,1-2,7-9H2. The van der Waals surface area contributed by atoms with Gasteiger partial charge in [-0.3, -0.25) is 0 Å². The number of isocyanates is 1. The zero-order chi connectivity index (χ0) is 11.7. The molecule has 1 aromatic rings. The topological polar surface area (TPSA) is 38.7 Å². The molecule has 3 rings (SSSR count). The molecule has 1 saturated carbocycles. The summed E-state index contributed by atoms with van der Waals surface area (Å²) in [6.45, 7) is 0.867. The summed E-state index contributed by atoms with van der Waals surface area (Å²) >= 11 is 0. The van der Waals surface area contributed by atoms with E-state index in [1.54, 1.807) is 6.08 Å². The zero-order valence-electron chi connectivity index (χ0n) is 9.69. The van der Waals surface area contributed by atoms with Gasteiger partial charge in [-0.2, -0.15) is 4.99 Å². The molecule has 3 heteroatoms. The highest BCUT2D eigenvalue weighted by Gasteiger charge is 2.44. The van der Waals surface area contributed by atoms with Gasteiger partial charge in [0, 0.05) is 6.61 Å². The summed E-state index contributed by atoms with van der Waals surface area (Å²) < 4.78 is 5.64. The highest BCUT2D eigenvalue weighted by Crippen LogP contribution is 2.49. The number of ether oxygens (including phenoxy) is 1. The van der Waals surface area contributed by atoms with Crippen molar-refractivity contribution >= 4 is 6.08 Å². The van der Waals surface area contributed by atoms with E-state index in [2.05, 4.69) is 29.3 Å². The van der Waals surface area contributed by atoms with E-state index in [0.717, 1.165) is 37.9 Å². The molecule has 1 unspecified atom stereocenters. The van der Waals surface area contributed by atoms with Gasteiger partial charge in [-0.05, 0) is 36.8 Å². The van der Waals surface area contributed by atoms with Gasteiger partial charge in [-0.25, -0.2) is 4.79 Å². The molecule has 0 amide bonds. The Bertz CT molecular complexity index is 450. The molecule has 0 aromatic heterocycles. The SMILES string of the molecule is O=C=NC1(c2ccc(C3CCCO3)cc2)CC1. The van der Waals surface area contributed by atoms with E-state index in [9.17, 15) is 4.79 Å². The Morgan fingerprint density at radius 1 is 1.29 bits per heavy atom. The second-order valence-electron chi connectivity index (χ2n) is 4.86. The molecule has 0 spiro atoms. The maximum Gasteiger partial charge on any atom is 0.235 e. The van der Waals surface area contributed by atoms with Crippen LogP contribution in [0.3, 0.4) is 0 Å². The van der Waals surface area contributed by atoms with Gasteiger partial charge >= 0.3 is 0 Å². The van der Waals surface area contributed by atoms with Gasteiger partial charge < -0.3 is 4.74 Å². The van der Waals surface area contributed by atoms with E-state index < -0.39 is 0 Å². The molecule has 1 aliphatic carbocycles. The van der Waals surface area contributed by atoms with Crippen molar-refractivity contribution in [2.75, 3.05) is 6.61 Å². The molecule has 1 aliphatic heterocycles. The van der Waals surface area contributed by atoms with Gasteiger partial charge in [0.1, 0.15) is 0 Å². The molecule has 3 nitrogen and oxygen atoms in total. The molecule has 17 heavy (non-hydrogen) atoms. The van der Waals surface area contributed by atoms with Crippen molar-refractivity contribution in [3.63, 3.8) is 0 Å². The molecule has 1 saturated heterocycles. The minimum Gasteiger partial charge on any atom is -0.374 e. The van der Waals surface area contributed by atoms with Gasteiger partial charge in [0.15, 0.2) is 0 Å². The third kappa shape index (κ3) is 1.92. The van der Waals surface area contributed by atoms with Crippen molar-refractivity contribution in [2.45, 2.75) is 37.3 Å². The summed E-state index contributed by atoms with van der Waals surface area (Å²) in [6, 6.07) is 8.35. The third-order valence-electron chi connectivity index (χ3n) is 3.73. The van der Waals surface area contributed by atoms with Gasteiger partial charge in [-0.15, -0.1) is 0 Å². The number of nitrogens with zero attached hydrogens (tertiary/aromatic N) is 1. The molecule has 2 aliphatic rings. The molecule has 88 valence electrons. The monoisotopic (exact) mass is 229 g/mol. The average molecular weight is 229 g/mol. The van der Waals surface area contributed by atoms with Crippen LogP contribution in [0.25, 0.3) is 0 Å². The van der Waals surface area contributed by atoms with Crippen LogP contribution >= 0.6 is 0 Å². The fraction of sp³-hybridized carbons (Fsp3) is 0.500. The third-order valence-corrected chi connectivity index (χ3v) is 3.73. The van der Waals surface area contributed by atoms with Gasteiger partial charge in [0.25, 0.3) is 0 Å². The fourth-order valence-corrected chi connectivity index (χ4v) is 2.52. The van der Waals surface area contributed by atoms with Crippen LogP contribution in [0.2, 0.25) is 0 Å². The Hall–Kier alpha value is -1.44. The molecule has 0 N–H and O–H groups in total. The van der Waals surface area contributed by atoms with Crippen LogP contribution in [-0.4, -0.2) is 12.7 Å². The molecule has 0 radical (unpaired) electrons. The van der Waals surface area contributed by atoms with Crippen LogP contribution in [0.5, 0.6) is 0 Å². The smallest absolute Gasteiger partial charge is 0.235 e. The van der Waals surface area contributed by atoms with Crippen molar-refractivity contribution in [2.24, 2.45) is 4.99 Å². The Labute approximate surface area is 101 Å². The summed E-state index contributed by atoms with van der Waals surface area (Å²) in [5, 5.41) is 0. The first kappa shape index (κ1) is 10.7. The summed E-state index contributed by atoms with van der Waals surface area (Å²) in [4.78, 5) is 14.3. The van der Waals surface area contributed by atoms with Crippen LogP contribution in [0.1, 0.15) is 42.9 Å². The molecule has 1 aromatic carbocycles. The van der Waals surface area contributed by atoms with Crippen LogP contribution in [-0.2, 0) is 15.1 Å².